The number of hydrogen-bond acceptors (Lipinski definition) is 2. The topological polar surface area (TPSA) is 43.8 Å². The summed E-state index contributed by atoms with van der Waals surface area (Å²) in [5.74, 6) is 1.16. The van der Waals surface area contributed by atoms with E-state index >= 15 is 0 Å². The Morgan fingerprint density at radius 1 is 1.50 bits per heavy atom. The zero-order chi connectivity index (χ0) is 11.7. The fourth-order valence-electron chi connectivity index (χ4n) is 1.75. The summed E-state index contributed by atoms with van der Waals surface area (Å²) < 4.78 is 2.06. The SMILES string of the molecule is CCC(C)Cn1c(N)nc2cc(Cl)ccc21. The zero-order valence-electron chi connectivity index (χ0n) is 9.57. The fraction of sp³-hybridized carbons (Fsp3) is 0.417. The molecule has 0 spiro atoms. The summed E-state index contributed by atoms with van der Waals surface area (Å²) in [5, 5.41) is 0.695. The lowest BCUT2D eigenvalue weighted by atomic mass is 10.1. The predicted molar refractivity (Wildman–Crippen MR) is 68.6 cm³/mol. The van der Waals surface area contributed by atoms with E-state index < -0.39 is 0 Å². The second kappa shape index (κ2) is 4.34. The van der Waals surface area contributed by atoms with E-state index in [-0.39, 0.29) is 0 Å². The molecule has 4 heteroatoms. The second-order valence-electron chi connectivity index (χ2n) is 4.23. The van der Waals surface area contributed by atoms with Crippen LogP contribution >= 0.6 is 11.6 Å². The van der Waals surface area contributed by atoms with Crippen LogP contribution in [0.2, 0.25) is 5.02 Å². The van der Waals surface area contributed by atoms with E-state index in [0.29, 0.717) is 16.9 Å². The van der Waals surface area contributed by atoms with Crippen molar-refractivity contribution in [1.29, 1.82) is 0 Å². The van der Waals surface area contributed by atoms with Crippen LogP contribution in [0.1, 0.15) is 20.3 Å². The third-order valence-electron chi connectivity index (χ3n) is 2.93. The number of benzene rings is 1. The van der Waals surface area contributed by atoms with Crippen molar-refractivity contribution in [2.45, 2.75) is 26.8 Å². The minimum absolute atomic E-state index is 0.567. The molecule has 0 bridgehead atoms. The molecule has 2 N–H and O–H groups in total. The minimum Gasteiger partial charge on any atom is -0.369 e. The van der Waals surface area contributed by atoms with Gasteiger partial charge in [-0.1, -0.05) is 31.9 Å². The van der Waals surface area contributed by atoms with Crippen LogP contribution in [0, 0.1) is 5.92 Å². The summed E-state index contributed by atoms with van der Waals surface area (Å²) in [6, 6.07) is 5.70. The lowest BCUT2D eigenvalue weighted by Gasteiger charge is -2.11. The number of nitrogens with zero attached hydrogens (tertiary/aromatic N) is 2. The monoisotopic (exact) mass is 237 g/mol. The Bertz CT molecular complexity index is 504. The lowest BCUT2D eigenvalue weighted by molar-refractivity contribution is 0.479. The molecule has 0 aliphatic heterocycles. The molecule has 1 atom stereocenters. The van der Waals surface area contributed by atoms with Crippen molar-refractivity contribution in [3.63, 3.8) is 0 Å². The Kier molecular flexibility index (Phi) is 3.06. The van der Waals surface area contributed by atoms with Gasteiger partial charge in [-0.3, -0.25) is 0 Å². The lowest BCUT2D eigenvalue weighted by Crippen LogP contribution is -2.09. The molecule has 1 heterocycles. The van der Waals surface area contributed by atoms with Crippen LogP contribution in [-0.2, 0) is 6.54 Å². The predicted octanol–water partition coefficient (Wildman–Crippen LogP) is 3.32. The third-order valence-corrected chi connectivity index (χ3v) is 3.17. The van der Waals surface area contributed by atoms with E-state index in [2.05, 4.69) is 23.4 Å². The van der Waals surface area contributed by atoms with Crippen LogP contribution in [0.3, 0.4) is 0 Å². The zero-order valence-corrected chi connectivity index (χ0v) is 10.3. The highest BCUT2D eigenvalue weighted by molar-refractivity contribution is 6.31. The largest absolute Gasteiger partial charge is 0.369 e. The molecule has 1 unspecified atom stereocenters. The first kappa shape index (κ1) is 11.3. The molecule has 0 aliphatic rings. The molecule has 0 amide bonds. The van der Waals surface area contributed by atoms with Gasteiger partial charge < -0.3 is 10.3 Å². The van der Waals surface area contributed by atoms with Crippen molar-refractivity contribution in [3.8, 4) is 0 Å². The number of nitrogen functional groups attached to an aromatic ring is 1. The van der Waals surface area contributed by atoms with Crippen molar-refractivity contribution in [2.24, 2.45) is 5.92 Å². The first-order valence-corrected chi connectivity index (χ1v) is 5.91. The van der Waals surface area contributed by atoms with Gasteiger partial charge in [-0.15, -0.1) is 0 Å². The van der Waals surface area contributed by atoms with Gasteiger partial charge in [0.1, 0.15) is 0 Å². The van der Waals surface area contributed by atoms with Gasteiger partial charge >= 0.3 is 0 Å². The van der Waals surface area contributed by atoms with E-state index in [9.17, 15) is 0 Å². The summed E-state index contributed by atoms with van der Waals surface area (Å²) in [6.45, 7) is 5.29. The molecule has 0 saturated heterocycles. The van der Waals surface area contributed by atoms with Crippen LogP contribution in [0.15, 0.2) is 18.2 Å². The molecule has 1 aromatic heterocycles. The van der Waals surface area contributed by atoms with Gasteiger partial charge in [0.2, 0.25) is 5.95 Å². The maximum Gasteiger partial charge on any atom is 0.201 e. The first-order chi connectivity index (χ1) is 7.61. The van der Waals surface area contributed by atoms with E-state index in [1.54, 1.807) is 0 Å². The molecule has 3 nitrogen and oxygen atoms in total. The molecular formula is C12H16ClN3. The highest BCUT2D eigenvalue weighted by Crippen LogP contribution is 2.23. The van der Waals surface area contributed by atoms with Crippen molar-refractivity contribution in [3.05, 3.63) is 23.2 Å². The first-order valence-electron chi connectivity index (χ1n) is 5.53. The number of hydrogen-bond donors (Lipinski definition) is 1. The van der Waals surface area contributed by atoms with Gasteiger partial charge in [-0.25, -0.2) is 4.98 Å². The van der Waals surface area contributed by atoms with Crippen molar-refractivity contribution in [1.82, 2.24) is 9.55 Å². The number of nitrogens with two attached hydrogens (primary N) is 1. The van der Waals surface area contributed by atoms with Crippen LogP contribution in [0.25, 0.3) is 11.0 Å². The van der Waals surface area contributed by atoms with Crippen LogP contribution in [0.5, 0.6) is 0 Å². The summed E-state index contributed by atoms with van der Waals surface area (Å²) in [5.41, 5.74) is 7.84. The van der Waals surface area contributed by atoms with Crippen molar-refractivity contribution < 1.29 is 0 Å². The number of anilines is 1. The highest BCUT2D eigenvalue weighted by atomic mass is 35.5. The molecule has 0 aliphatic carbocycles. The Morgan fingerprint density at radius 2 is 2.25 bits per heavy atom. The van der Waals surface area contributed by atoms with E-state index in [0.717, 1.165) is 24.0 Å². The number of rotatable bonds is 3. The Labute approximate surface area is 100 Å². The molecule has 0 fully saturated rings. The molecule has 0 radical (unpaired) electrons. The maximum atomic E-state index is 5.92. The quantitative estimate of drug-likeness (QED) is 0.890. The van der Waals surface area contributed by atoms with Crippen molar-refractivity contribution in [2.75, 3.05) is 5.73 Å². The second-order valence-corrected chi connectivity index (χ2v) is 4.66. The molecule has 2 aromatic rings. The van der Waals surface area contributed by atoms with E-state index in [1.807, 2.05) is 18.2 Å². The molecule has 0 saturated carbocycles. The molecule has 1 aromatic carbocycles. The molecule has 86 valence electrons. The maximum absolute atomic E-state index is 5.92. The van der Waals surface area contributed by atoms with Gasteiger partial charge in [0, 0.05) is 11.6 Å². The summed E-state index contributed by atoms with van der Waals surface area (Å²) in [4.78, 5) is 4.32. The van der Waals surface area contributed by atoms with Crippen LogP contribution < -0.4 is 5.73 Å². The minimum atomic E-state index is 0.567. The van der Waals surface area contributed by atoms with Gasteiger partial charge in [0.05, 0.1) is 11.0 Å². The van der Waals surface area contributed by atoms with E-state index in [4.69, 9.17) is 17.3 Å². The molecule has 2 rings (SSSR count). The Balaban J connectivity index is 2.47. The smallest absolute Gasteiger partial charge is 0.201 e. The number of aromatic nitrogens is 2. The average molecular weight is 238 g/mol. The summed E-state index contributed by atoms with van der Waals surface area (Å²) >= 11 is 5.92. The number of imidazole rings is 1. The molecule has 16 heavy (non-hydrogen) atoms. The van der Waals surface area contributed by atoms with Gasteiger partial charge in [-0.05, 0) is 24.1 Å². The Hall–Kier alpha value is -1.22. The van der Waals surface area contributed by atoms with Gasteiger partial charge in [0.25, 0.3) is 0 Å². The van der Waals surface area contributed by atoms with Gasteiger partial charge in [0.15, 0.2) is 0 Å². The van der Waals surface area contributed by atoms with Crippen LogP contribution in [0.4, 0.5) is 5.95 Å². The summed E-state index contributed by atoms with van der Waals surface area (Å²) in [7, 11) is 0. The van der Waals surface area contributed by atoms with Crippen molar-refractivity contribution >= 4 is 28.6 Å². The number of halogens is 1. The molecular weight excluding hydrogens is 222 g/mol. The normalized spacial score (nSPS) is 13.2. The standard InChI is InChI=1S/C12H16ClN3/c1-3-8(2)7-16-11-5-4-9(13)6-10(11)15-12(16)14/h4-6,8H,3,7H2,1-2H3,(H2,14,15). The fourth-order valence-corrected chi connectivity index (χ4v) is 1.92. The average Bonchev–Trinajstić information content (AvgIpc) is 2.54. The van der Waals surface area contributed by atoms with E-state index in [1.165, 1.54) is 0 Å². The van der Waals surface area contributed by atoms with Crippen LogP contribution in [-0.4, -0.2) is 9.55 Å². The Morgan fingerprint density at radius 3 is 2.94 bits per heavy atom. The van der Waals surface area contributed by atoms with Gasteiger partial charge in [-0.2, -0.15) is 0 Å². The summed E-state index contributed by atoms with van der Waals surface area (Å²) in [6.07, 6.45) is 1.13. The third kappa shape index (κ3) is 2.00. The number of fused-ring (bicyclic) bond motifs is 1. The highest BCUT2D eigenvalue weighted by Gasteiger charge is 2.10.